The van der Waals surface area contributed by atoms with Crippen LogP contribution in [0.25, 0.3) is 12.2 Å². The van der Waals surface area contributed by atoms with E-state index >= 15 is 0 Å². The van der Waals surface area contributed by atoms with Crippen LogP contribution < -0.4 is 9.80 Å². The Balaban J connectivity index is 0.000000158. The molecule has 2 fully saturated rings. The van der Waals surface area contributed by atoms with E-state index in [1.165, 1.54) is 33.6 Å². The Morgan fingerprint density at radius 1 is 0.597 bits per heavy atom. The van der Waals surface area contributed by atoms with E-state index in [1.807, 2.05) is 12.4 Å². The minimum atomic E-state index is -3.19. The lowest BCUT2D eigenvalue weighted by atomic mass is 9.88. The Labute approximate surface area is 366 Å². The van der Waals surface area contributed by atoms with Crippen molar-refractivity contribution in [1.82, 2.24) is 38.5 Å². The van der Waals surface area contributed by atoms with Gasteiger partial charge in [-0.25, -0.2) is 45.4 Å². The van der Waals surface area contributed by atoms with Crippen molar-refractivity contribution in [2.75, 3.05) is 47.5 Å². The Bertz CT molecular complexity index is 2440. The summed E-state index contributed by atoms with van der Waals surface area (Å²) < 4.78 is 53.2. The molecule has 10 rings (SSSR count). The quantitative estimate of drug-likeness (QED) is 0.209. The van der Waals surface area contributed by atoms with Crippen molar-refractivity contribution >= 4 is 43.6 Å². The molecule has 4 aromatic heterocycles. The number of anilines is 2. The fraction of sp³-hybridized carbons (Fsp3) is 0.522. The van der Waals surface area contributed by atoms with Gasteiger partial charge in [0.25, 0.3) is 0 Å². The van der Waals surface area contributed by atoms with Gasteiger partial charge in [-0.3, -0.25) is 9.97 Å². The number of piperidine rings is 2. The van der Waals surface area contributed by atoms with Crippen LogP contribution in [0.3, 0.4) is 0 Å². The normalized spacial score (nSPS) is 23.6. The molecular weight excluding hydrogens is 821 g/mol. The van der Waals surface area contributed by atoms with Gasteiger partial charge in [-0.2, -0.15) is 0 Å². The van der Waals surface area contributed by atoms with Crippen LogP contribution in [0.4, 0.5) is 11.4 Å². The van der Waals surface area contributed by atoms with Crippen LogP contribution in [-0.4, -0.2) is 105 Å². The first kappa shape index (κ1) is 42.7. The Morgan fingerprint density at radius 2 is 1.03 bits per heavy atom. The highest BCUT2D eigenvalue weighted by atomic mass is 32.2. The first-order valence-corrected chi connectivity index (χ1v) is 25.6. The average Bonchev–Trinajstić information content (AvgIpc) is 3.99. The summed E-state index contributed by atoms with van der Waals surface area (Å²) in [6, 6.07) is 4.85. The van der Waals surface area contributed by atoms with Crippen molar-refractivity contribution < 1.29 is 16.8 Å². The standard InChI is InChI=1S/2C23H29N5O2S/c2*1-3-31(29,30)27-11-5-6-17(13-27)23-19-14-28(16(2)12-21(19)25-15-26-23)22-9-10-24-20-8-4-7-18(20)22/h2*4,7,9-10,15-17H,3,5-6,8,11-14H2,1-2H3/t2*16-,17?/m11/s1. The van der Waals surface area contributed by atoms with Crippen molar-refractivity contribution in [1.29, 1.82) is 0 Å². The highest BCUT2D eigenvalue weighted by molar-refractivity contribution is 7.89. The van der Waals surface area contributed by atoms with E-state index in [2.05, 4.69) is 80.0 Å². The van der Waals surface area contributed by atoms with E-state index in [-0.39, 0.29) is 23.3 Å². The minimum absolute atomic E-state index is 0.116. The second kappa shape index (κ2) is 17.5. The van der Waals surface area contributed by atoms with Crippen LogP contribution in [0.1, 0.15) is 122 Å². The van der Waals surface area contributed by atoms with Crippen LogP contribution in [-0.2, 0) is 58.8 Å². The predicted octanol–water partition coefficient (Wildman–Crippen LogP) is 5.84. The summed E-state index contributed by atoms with van der Waals surface area (Å²) >= 11 is 0. The molecule has 0 amide bonds. The third-order valence-electron chi connectivity index (χ3n) is 13.8. The van der Waals surface area contributed by atoms with Gasteiger partial charge in [0.05, 0.1) is 45.7 Å². The van der Waals surface area contributed by atoms with Gasteiger partial charge in [-0.1, -0.05) is 24.3 Å². The molecule has 16 heteroatoms. The molecule has 14 nitrogen and oxygen atoms in total. The van der Waals surface area contributed by atoms with Gasteiger partial charge in [0.15, 0.2) is 0 Å². The predicted molar refractivity (Wildman–Crippen MR) is 243 cm³/mol. The van der Waals surface area contributed by atoms with E-state index in [0.717, 1.165) is 98.6 Å². The van der Waals surface area contributed by atoms with Crippen molar-refractivity contribution in [3.05, 3.63) is 106 Å². The molecule has 6 aliphatic rings. The van der Waals surface area contributed by atoms with E-state index in [1.54, 1.807) is 35.1 Å². The molecule has 4 atom stereocenters. The van der Waals surface area contributed by atoms with Gasteiger partial charge in [-0.15, -0.1) is 0 Å². The topological polar surface area (TPSA) is 159 Å². The molecule has 2 aliphatic carbocycles. The molecule has 0 saturated carbocycles. The highest BCUT2D eigenvalue weighted by Gasteiger charge is 2.36. The highest BCUT2D eigenvalue weighted by Crippen LogP contribution is 2.39. The maximum atomic E-state index is 12.5. The van der Waals surface area contributed by atoms with Gasteiger partial charge in [0, 0.05) is 135 Å². The molecule has 0 spiro atoms. The van der Waals surface area contributed by atoms with E-state index in [4.69, 9.17) is 9.97 Å². The molecule has 2 unspecified atom stereocenters. The molecule has 62 heavy (non-hydrogen) atoms. The number of rotatable bonds is 8. The number of fused-ring (bicyclic) bond motifs is 4. The van der Waals surface area contributed by atoms with Gasteiger partial charge >= 0.3 is 0 Å². The van der Waals surface area contributed by atoms with Crippen LogP contribution in [0.15, 0.2) is 49.3 Å². The lowest BCUT2D eigenvalue weighted by Gasteiger charge is -2.39. The van der Waals surface area contributed by atoms with Gasteiger partial charge in [0.2, 0.25) is 20.0 Å². The number of hydrogen-bond acceptors (Lipinski definition) is 12. The first-order valence-electron chi connectivity index (χ1n) is 22.4. The summed E-state index contributed by atoms with van der Waals surface area (Å²) in [7, 11) is -6.38. The Morgan fingerprint density at radius 3 is 1.45 bits per heavy atom. The molecule has 0 N–H and O–H groups in total. The average molecular weight is 879 g/mol. The summed E-state index contributed by atoms with van der Waals surface area (Å²) in [5, 5.41) is 0. The lowest BCUT2D eigenvalue weighted by Crippen LogP contribution is -2.42. The molecule has 4 aromatic rings. The molecule has 328 valence electrons. The molecular formula is C46H58N10O4S2. The molecule has 8 heterocycles. The summed E-state index contributed by atoms with van der Waals surface area (Å²) in [6.45, 7) is 11.7. The van der Waals surface area contributed by atoms with E-state index < -0.39 is 20.0 Å². The third kappa shape index (κ3) is 8.19. The lowest BCUT2D eigenvalue weighted by molar-refractivity contribution is 0.311. The summed E-state index contributed by atoms with van der Waals surface area (Å²) in [4.78, 5) is 32.6. The third-order valence-corrected chi connectivity index (χ3v) is 17.5. The van der Waals surface area contributed by atoms with E-state index in [0.29, 0.717) is 38.3 Å². The van der Waals surface area contributed by atoms with Crippen LogP contribution in [0.5, 0.6) is 0 Å². The minimum Gasteiger partial charge on any atom is -0.363 e. The summed E-state index contributed by atoms with van der Waals surface area (Å²) in [5.74, 6) is 0.525. The van der Waals surface area contributed by atoms with Crippen LogP contribution >= 0.6 is 0 Å². The SMILES string of the molecule is CCS(=O)(=O)N1CCCC(c2ncnc3c2CN(c2ccnc4c2C=CC4)[C@H](C)C3)C1.CCS(=O)(=O)N1CCCC(c2ncnc3c2CN(c2ccnc4c2C=CC4)[C@H](C)C3)C1. The molecule has 4 aliphatic heterocycles. The Hall–Kier alpha value is -4.64. The van der Waals surface area contributed by atoms with Crippen molar-refractivity contribution in [2.24, 2.45) is 0 Å². The molecule has 0 bridgehead atoms. The number of aromatic nitrogens is 6. The van der Waals surface area contributed by atoms with Crippen LogP contribution in [0.2, 0.25) is 0 Å². The Kier molecular flexibility index (Phi) is 12.0. The summed E-state index contributed by atoms with van der Waals surface area (Å²) in [5.41, 5.74) is 13.7. The number of hydrogen-bond donors (Lipinski definition) is 0. The number of nitrogens with zero attached hydrogens (tertiary/aromatic N) is 10. The fourth-order valence-corrected chi connectivity index (χ4v) is 12.7. The van der Waals surface area contributed by atoms with Crippen molar-refractivity contribution in [3.8, 4) is 0 Å². The summed E-state index contributed by atoms with van der Waals surface area (Å²) in [6.07, 6.45) is 23.0. The molecule has 0 radical (unpaired) electrons. The first-order chi connectivity index (χ1) is 30.0. The number of allylic oxidation sites excluding steroid dienone is 2. The largest absolute Gasteiger partial charge is 0.363 e. The van der Waals surface area contributed by atoms with E-state index in [9.17, 15) is 16.8 Å². The monoisotopic (exact) mass is 878 g/mol. The maximum absolute atomic E-state index is 12.5. The van der Waals surface area contributed by atoms with Crippen LogP contribution in [0, 0.1) is 0 Å². The van der Waals surface area contributed by atoms with Gasteiger partial charge < -0.3 is 9.80 Å². The van der Waals surface area contributed by atoms with Crippen molar-refractivity contribution in [3.63, 3.8) is 0 Å². The number of sulfonamides is 2. The molecule has 2 saturated heterocycles. The zero-order chi connectivity index (χ0) is 43.2. The number of pyridine rings is 2. The van der Waals surface area contributed by atoms with Gasteiger partial charge in [-0.05, 0) is 65.5 Å². The maximum Gasteiger partial charge on any atom is 0.213 e. The molecule has 0 aromatic carbocycles. The second-order valence-electron chi connectivity index (χ2n) is 17.5. The zero-order valence-corrected chi connectivity index (χ0v) is 38.0. The second-order valence-corrected chi connectivity index (χ2v) is 22.0. The zero-order valence-electron chi connectivity index (χ0n) is 36.3. The fourth-order valence-electron chi connectivity index (χ4n) is 10.4. The smallest absolute Gasteiger partial charge is 0.213 e. The van der Waals surface area contributed by atoms with Crippen molar-refractivity contribution in [2.45, 2.75) is 116 Å². The van der Waals surface area contributed by atoms with Gasteiger partial charge in [0.1, 0.15) is 12.7 Å².